The summed E-state index contributed by atoms with van der Waals surface area (Å²) in [5.74, 6) is 0. The molecule has 4 nitrogen and oxygen atoms in total. The van der Waals surface area contributed by atoms with E-state index in [4.69, 9.17) is 5.73 Å². The van der Waals surface area contributed by atoms with E-state index in [9.17, 15) is 0 Å². The molecular weight excluding hydrogens is 200 g/mol. The van der Waals surface area contributed by atoms with Gasteiger partial charge >= 0.3 is 0 Å². The first-order chi connectivity index (χ1) is 7.86. The molecule has 3 rings (SSSR count). The Morgan fingerprint density at radius 1 is 1.00 bits per heavy atom. The maximum absolute atomic E-state index is 5.83. The molecule has 0 atom stereocenters. The van der Waals surface area contributed by atoms with Gasteiger partial charge in [0.05, 0.1) is 35.5 Å². The minimum atomic E-state index is 0.652. The molecule has 16 heavy (non-hydrogen) atoms. The standard InChI is InChI=1S/C12H10N4/c13-11-7-14-8-12-10(11)6-15-16(12)9-4-2-1-3-5-9/h1-8H,13H2. The second-order valence-corrected chi connectivity index (χ2v) is 3.55. The third-order valence-corrected chi connectivity index (χ3v) is 2.53. The van der Waals surface area contributed by atoms with Gasteiger partial charge in [0, 0.05) is 5.39 Å². The van der Waals surface area contributed by atoms with Gasteiger partial charge in [0.2, 0.25) is 0 Å². The van der Waals surface area contributed by atoms with Crippen molar-refractivity contribution in [2.45, 2.75) is 0 Å². The third kappa shape index (κ3) is 1.24. The van der Waals surface area contributed by atoms with Crippen LogP contribution in [0.3, 0.4) is 0 Å². The summed E-state index contributed by atoms with van der Waals surface area (Å²) in [7, 11) is 0. The molecule has 0 bridgehead atoms. The molecule has 0 fully saturated rings. The van der Waals surface area contributed by atoms with E-state index in [1.807, 2.05) is 35.0 Å². The van der Waals surface area contributed by atoms with E-state index < -0.39 is 0 Å². The smallest absolute Gasteiger partial charge is 0.0944 e. The highest BCUT2D eigenvalue weighted by Gasteiger charge is 2.06. The summed E-state index contributed by atoms with van der Waals surface area (Å²) < 4.78 is 1.83. The monoisotopic (exact) mass is 210 g/mol. The molecule has 0 unspecified atom stereocenters. The number of hydrogen-bond donors (Lipinski definition) is 1. The van der Waals surface area contributed by atoms with Gasteiger partial charge in [0.25, 0.3) is 0 Å². The summed E-state index contributed by atoms with van der Waals surface area (Å²) in [5, 5.41) is 5.25. The molecule has 0 aliphatic carbocycles. The molecular formula is C12H10N4. The van der Waals surface area contributed by atoms with Crippen LogP contribution in [-0.4, -0.2) is 14.8 Å². The number of nitrogens with zero attached hydrogens (tertiary/aromatic N) is 3. The molecule has 2 aromatic heterocycles. The lowest BCUT2D eigenvalue weighted by molar-refractivity contribution is 0.908. The number of hydrogen-bond acceptors (Lipinski definition) is 3. The fraction of sp³-hybridized carbons (Fsp3) is 0. The SMILES string of the molecule is Nc1cncc2c1cnn2-c1ccccc1. The number of nitrogen functional groups attached to an aromatic ring is 1. The Balaban J connectivity index is 2.30. The molecule has 0 aliphatic heterocycles. The van der Waals surface area contributed by atoms with Crippen molar-refractivity contribution in [3.8, 4) is 5.69 Å². The number of rotatable bonds is 1. The Bertz CT molecular complexity index is 628. The van der Waals surface area contributed by atoms with Crippen molar-refractivity contribution in [3.05, 3.63) is 48.9 Å². The maximum atomic E-state index is 5.83. The molecule has 78 valence electrons. The molecule has 2 heterocycles. The lowest BCUT2D eigenvalue weighted by Gasteiger charge is -2.02. The number of aromatic nitrogens is 3. The van der Waals surface area contributed by atoms with Crippen molar-refractivity contribution in [3.63, 3.8) is 0 Å². The van der Waals surface area contributed by atoms with Crippen molar-refractivity contribution < 1.29 is 0 Å². The largest absolute Gasteiger partial charge is 0.397 e. The quantitative estimate of drug-likeness (QED) is 0.668. The zero-order valence-corrected chi connectivity index (χ0v) is 8.54. The Labute approximate surface area is 92.3 Å². The van der Waals surface area contributed by atoms with Gasteiger partial charge in [0.15, 0.2) is 0 Å². The Hall–Kier alpha value is -2.36. The normalized spacial score (nSPS) is 10.8. The summed E-state index contributed by atoms with van der Waals surface area (Å²) >= 11 is 0. The number of anilines is 1. The summed E-state index contributed by atoms with van der Waals surface area (Å²) in [6, 6.07) is 9.91. The molecule has 3 aromatic rings. The van der Waals surface area contributed by atoms with Crippen LogP contribution in [0.15, 0.2) is 48.9 Å². The van der Waals surface area contributed by atoms with Crippen LogP contribution in [-0.2, 0) is 0 Å². The van der Waals surface area contributed by atoms with Gasteiger partial charge in [-0.1, -0.05) is 18.2 Å². The van der Waals surface area contributed by atoms with Crippen molar-refractivity contribution in [1.29, 1.82) is 0 Å². The first-order valence-electron chi connectivity index (χ1n) is 4.99. The van der Waals surface area contributed by atoms with E-state index in [1.54, 1.807) is 18.6 Å². The fourth-order valence-corrected chi connectivity index (χ4v) is 1.74. The van der Waals surface area contributed by atoms with Crippen molar-refractivity contribution in [1.82, 2.24) is 14.8 Å². The number of nitrogens with two attached hydrogens (primary N) is 1. The van der Waals surface area contributed by atoms with Crippen LogP contribution >= 0.6 is 0 Å². The average molecular weight is 210 g/mol. The zero-order valence-electron chi connectivity index (χ0n) is 8.54. The predicted molar refractivity (Wildman–Crippen MR) is 63.3 cm³/mol. The summed E-state index contributed by atoms with van der Waals surface area (Å²) in [6.45, 7) is 0. The second-order valence-electron chi connectivity index (χ2n) is 3.55. The highest BCUT2D eigenvalue weighted by Crippen LogP contribution is 2.21. The van der Waals surface area contributed by atoms with E-state index in [2.05, 4.69) is 10.1 Å². The first-order valence-corrected chi connectivity index (χ1v) is 4.99. The molecule has 0 radical (unpaired) electrons. The van der Waals surface area contributed by atoms with Gasteiger partial charge in [-0.2, -0.15) is 5.10 Å². The molecule has 4 heteroatoms. The van der Waals surface area contributed by atoms with Crippen LogP contribution in [0.25, 0.3) is 16.6 Å². The van der Waals surface area contributed by atoms with Crippen LogP contribution in [0.4, 0.5) is 5.69 Å². The number of pyridine rings is 1. The van der Waals surface area contributed by atoms with Crippen molar-refractivity contribution >= 4 is 16.6 Å². The Morgan fingerprint density at radius 3 is 2.62 bits per heavy atom. The van der Waals surface area contributed by atoms with Gasteiger partial charge in [0.1, 0.15) is 0 Å². The molecule has 2 N–H and O–H groups in total. The van der Waals surface area contributed by atoms with E-state index in [0.29, 0.717) is 5.69 Å². The number of fused-ring (bicyclic) bond motifs is 1. The van der Waals surface area contributed by atoms with Crippen LogP contribution in [0, 0.1) is 0 Å². The zero-order chi connectivity index (χ0) is 11.0. The lowest BCUT2D eigenvalue weighted by atomic mass is 10.3. The van der Waals surface area contributed by atoms with Crippen LogP contribution in [0.1, 0.15) is 0 Å². The summed E-state index contributed by atoms with van der Waals surface area (Å²) in [6.07, 6.45) is 5.17. The number of para-hydroxylation sites is 1. The molecule has 0 saturated carbocycles. The first kappa shape index (κ1) is 8.91. The maximum Gasteiger partial charge on any atom is 0.0944 e. The Morgan fingerprint density at radius 2 is 1.81 bits per heavy atom. The van der Waals surface area contributed by atoms with Gasteiger partial charge < -0.3 is 5.73 Å². The lowest BCUT2D eigenvalue weighted by Crippen LogP contribution is -1.96. The van der Waals surface area contributed by atoms with E-state index in [0.717, 1.165) is 16.6 Å². The number of benzene rings is 1. The van der Waals surface area contributed by atoms with Crippen LogP contribution in [0.2, 0.25) is 0 Å². The minimum absolute atomic E-state index is 0.652. The molecule has 0 spiro atoms. The highest BCUT2D eigenvalue weighted by molar-refractivity contribution is 5.89. The van der Waals surface area contributed by atoms with E-state index in [-0.39, 0.29) is 0 Å². The average Bonchev–Trinajstić information content (AvgIpc) is 2.75. The highest BCUT2D eigenvalue weighted by atomic mass is 15.3. The van der Waals surface area contributed by atoms with Crippen molar-refractivity contribution in [2.75, 3.05) is 5.73 Å². The topological polar surface area (TPSA) is 56.7 Å². The molecule has 0 saturated heterocycles. The van der Waals surface area contributed by atoms with Crippen LogP contribution < -0.4 is 5.73 Å². The summed E-state index contributed by atoms with van der Waals surface area (Å²) in [5.41, 5.74) is 8.41. The fourth-order valence-electron chi connectivity index (χ4n) is 1.74. The van der Waals surface area contributed by atoms with Crippen molar-refractivity contribution in [2.24, 2.45) is 0 Å². The van der Waals surface area contributed by atoms with E-state index in [1.165, 1.54) is 0 Å². The van der Waals surface area contributed by atoms with E-state index >= 15 is 0 Å². The molecule has 0 aliphatic rings. The minimum Gasteiger partial charge on any atom is -0.397 e. The van der Waals surface area contributed by atoms with Crippen LogP contribution in [0.5, 0.6) is 0 Å². The summed E-state index contributed by atoms with van der Waals surface area (Å²) in [4.78, 5) is 4.08. The van der Waals surface area contributed by atoms with Gasteiger partial charge in [-0.05, 0) is 12.1 Å². The van der Waals surface area contributed by atoms with Gasteiger partial charge in [-0.25, -0.2) is 4.68 Å². The Kier molecular flexibility index (Phi) is 1.86. The van der Waals surface area contributed by atoms with Gasteiger partial charge in [-0.3, -0.25) is 4.98 Å². The molecule has 1 aromatic carbocycles. The van der Waals surface area contributed by atoms with Gasteiger partial charge in [-0.15, -0.1) is 0 Å². The predicted octanol–water partition coefficient (Wildman–Crippen LogP) is 2.00. The third-order valence-electron chi connectivity index (χ3n) is 2.53. The molecule has 0 amide bonds. The second kappa shape index (κ2) is 3.34.